The number of ether oxygens (including phenoxy) is 1. The molecule has 0 bridgehead atoms. The highest BCUT2D eigenvalue weighted by molar-refractivity contribution is 5.82. The van der Waals surface area contributed by atoms with E-state index in [-0.39, 0.29) is 17.6 Å². The van der Waals surface area contributed by atoms with Gasteiger partial charge < -0.3 is 15.4 Å². The van der Waals surface area contributed by atoms with Crippen LogP contribution in [0.25, 0.3) is 0 Å². The van der Waals surface area contributed by atoms with Gasteiger partial charge in [0.15, 0.2) is 0 Å². The third-order valence-electron chi connectivity index (χ3n) is 3.30. The number of rotatable bonds is 1. The Morgan fingerprint density at radius 1 is 1.71 bits per heavy atom. The maximum absolute atomic E-state index is 11.7. The van der Waals surface area contributed by atoms with Crippen molar-refractivity contribution in [3.63, 3.8) is 0 Å². The zero-order chi connectivity index (χ0) is 10.3. The first-order valence-electron chi connectivity index (χ1n) is 5.24. The first-order chi connectivity index (χ1) is 6.54. The monoisotopic (exact) mass is 198 g/mol. The van der Waals surface area contributed by atoms with Crippen LogP contribution in [-0.4, -0.2) is 41.6 Å². The molecule has 2 saturated heterocycles. The van der Waals surface area contributed by atoms with Crippen molar-refractivity contribution in [1.29, 1.82) is 0 Å². The van der Waals surface area contributed by atoms with E-state index in [0.29, 0.717) is 0 Å². The molecule has 0 aromatic heterocycles. The van der Waals surface area contributed by atoms with Gasteiger partial charge in [0, 0.05) is 12.5 Å². The Hall–Kier alpha value is -0.610. The summed E-state index contributed by atoms with van der Waals surface area (Å²) < 4.78 is 5.58. The fourth-order valence-electron chi connectivity index (χ4n) is 2.41. The van der Waals surface area contributed by atoms with Crippen molar-refractivity contribution in [2.75, 3.05) is 13.2 Å². The van der Waals surface area contributed by atoms with Crippen molar-refractivity contribution in [1.82, 2.24) is 4.90 Å². The zero-order valence-corrected chi connectivity index (χ0v) is 8.82. The number of carbonyl (C=O) groups excluding carboxylic acids is 1. The number of hydrogen-bond donors (Lipinski definition) is 1. The van der Waals surface area contributed by atoms with Crippen LogP contribution in [0, 0.1) is 0 Å². The Morgan fingerprint density at radius 2 is 2.36 bits per heavy atom. The molecule has 80 valence electrons. The topological polar surface area (TPSA) is 55.6 Å². The van der Waals surface area contributed by atoms with Gasteiger partial charge in [-0.2, -0.15) is 0 Å². The second-order valence-electron chi connectivity index (χ2n) is 4.59. The van der Waals surface area contributed by atoms with E-state index < -0.39 is 6.04 Å². The molecule has 1 spiro atoms. The van der Waals surface area contributed by atoms with Crippen LogP contribution in [0.1, 0.15) is 26.7 Å². The number of carbonyl (C=O) groups is 1. The predicted molar refractivity (Wildman–Crippen MR) is 52.7 cm³/mol. The summed E-state index contributed by atoms with van der Waals surface area (Å²) in [5.41, 5.74) is 5.57. The predicted octanol–water partition coefficient (Wildman–Crippen LogP) is 0.114. The van der Waals surface area contributed by atoms with Crippen molar-refractivity contribution < 1.29 is 9.53 Å². The van der Waals surface area contributed by atoms with Crippen molar-refractivity contribution in [3.05, 3.63) is 0 Å². The van der Waals surface area contributed by atoms with E-state index in [9.17, 15) is 4.79 Å². The third-order valence-corrected chi connectivity index (χ3v) is 3.30. The highest BCUT2D eigenvalue weighted by Gasteiger charge is 2.49. The second kappa shape index (κ2) is 3.21. The van der Waals surface area contributed by atoms with Gasteiger partial charge in [0.1, 0.15) is 0 Å². The minimum atomic E-state index is -0.396. The molecule has 0 unspecified atom stereocenters. The smallest absolute Gasteiger partial charge is 0.239 e. The summed E-state index contributed by atoms with van der Waals surface area (Å²) in [6, 6.07) is -0.124. The summed E-state index contributed by atoms with van der Waals surface area (Å²) >= 11 is 0. The quantitative estimate of drug-likeness (QED) is 0.651. The third kappa shape index (κ3) is 1.42. The maximum Gasteiger partial charge on any atom is 0.239 e. The Kier molecular flexibility index (Phi) is 2.27. The average Bonchev–Trinajstić information content (AvgIpc) is 2.41. The fourth-order valence-corrected chi connectivity index (χ4v) is 2.41. The summed E-state index contributed by atoms with van der Waals surface area (Å²) in [6.45, 7) is 5.37. The number of nitrogens with two attached hydrogens (primary N) is 1. The average molecular weight is 198 g/mol. The largest absolute Gasteiger partial charge is 0.373 e. The molecule has 2 N–H and O–H groups in total. The lowest BCUT2D eigenvalue weighted by Crippen LogP contribution is -2.49. The van der Waals surface area contributed by atoms with Gasteiger partial charge in [-0.15, -0.1) is 0 Å². The molecule has 0 radical (unpaired) electrons. The molecular formula is C10H18N2O2. The van der Waals surface area contributed by atoms with Gasteiger partial charge in [0.25, 0.3) is 0 Å². The van der Waals surface area contributed by atoms with Crippen molar-refractivity contribution >= 4 is 5.91 Å². The van der Waals surface area contributed by atoms with Crippen molar-refractivity contribution in [2.45, 2.75) is 44.4 Å². The summed E-state index contributed by atoms with van der Waals surface area (Å²) in [5.74, 6) is 0.0462. The Labute approximate surface area is 84.4 Å². The summed E-state index contributed by atoms with van der Waals surface area (Å²) in [6.07, 6.45) is 2.05. The number of hydrogen-bond acceptors (Lipinski definition) is 3. The molecule has 4 nitrogen and oxygen atoms in total. The van der Waals surface area contributed by atoms with E-state index in [1.54, 1.807) is 6.92 Å². The van der Waals surface area contributed by atoms with Crippen molar-refractivity contribution in [2.24, 2.45) is 5.73 Å². The fraction of sp³-hybridized carbons (Fsp3) is 0.900. The van der Waals surface area contributed by atoms with Gasteiger partial charge in [0.05, 0.1) is 24.8 Å². The van der Waals surface area contributed by atoms with Crippen LogP contribution < -0.4 is 5.73 Å². The van der Waals surface area contributed by atoms with Gasteiger partial charge in [-0.05, 0) is 20.3 Å². The van der Waals surface area contributed by atoms with Gasteiger partial charge in [0.2, 0.25) is 5.91 Å². The van der Waals surface area contributed by atoms with Crippen LogP contribution in [0.4, 0.5) is 0 Å². The molecule has 0 aromatic carbocycles. The lowest BCUT2D eigenvalue weighted by molar-refractivity contribution is -0.146. The highest BCUT2D eigenvalue weighted by atomic mass is 16.5. The van der Waals surface area contributed by atoms with Gasteiger partial charge in [-0.25, -0.2) is 0 Å². The van der Waals surface area contributed by atoms with E-state index in [4.69, 9.17) is 10.5 Å². The molecule has 2 aliphatic rings. The number of likely N-dealkylation sites (tertiary alicyclic amines) is 1. The van der Waals surface area contributed by atoms with E-state index in [1.165, 1.54) is 0 Å². The minimum Gasteiger partial charge on any atom is -0.373 e. The normalized spacial score (nSPS) is 38.5. The van der Waals surface area contributed by atoms with Gasteiger partial charge in [-0.1, -0.05) is 0 Å². The minimum absolute atomic E-state index is 0.0238. The van der Waals surface area contributed by atoms with Crippen LogP contribution in [0.15, 0.2) is 0 Å². The Morgan fingerprint density at radius 3 is 2.71 bits per heavy atom. The lowest BCUT2D eigenvalue weighted by Gasteiger charge is -2.38. The Balaban J connectivity index is 2.04. The SMILES string of the molecule is C[C@@H](N)C(=O)N1C[C@]2(CCO2)C[C@@H]1C. The van der Waals surface area contributed by atoms with E-state index in [1.807, 2.05) is 4.90 Å². The van der Waals surface area contributed by atoms with E-state index in [0.717, 1.165) is 26.0 Å². The Bertz CT molecular complexity index is 249. The van der Waals surface area contributed by atoms with E-state index in [2.05, 4.69) is 6.92 Å². The molecular weight excluding hydrogens is 180 g/mol. The molecule has 2 rings (SSSR count). The molecule has 0 aromatic rings. The number of nitrogens with zero attached hydrogens (tertiary/aromatic N) is 1. The van der Waals surface area contributed by atoms with Crippen LogP contribution in [0.2, 0.25) is 0 Å². The molecule has 0 saturated carbocycles. The first kappa shape index (κ1) is 9.93. The first-order valence-corrected chi connectivity index (χ1v) is 5.24. The highest BCUT2D eigenvalue weighted by Crippen LogP contribution is 2.39. The molecule has 0 aliphatic carbocycles. The van der Waals surface area contributed by atoms with Crippen LogP contribution in [-0.2, 0) is 9.53 Å². The van der Waals surface area contributed by atoms with Crippen LogP contribution in [0.3, 0.4) is 0 Å². The molecule has 2 heterocycles. The van der Waals surface area contributed by atoms with Gasteiger partial charge >= 0.3 is 0 Å². The summed E-state index contributed by atoms with van der Waals surface area (Å²) in [7, 11) is 0. The van der Waals surface area contributed by atoms with Crippen LogP contribution >= 0.6 is 0 Å². The summed E-state index contributed by atoms with van der Waals surface area (Å²) in [4.78, 5) is 13.6. The van der Waals surface area contributed by atoms with Crippen LogP contribution in [0.5, 0.6) is 0 Å². The van der Waals surface area contributed by atoms with Crippen molar-refractivity contribution in [3.8, 4) is 0 Å². The zero-order valence-electron chi connectivity index (χ0n) is 8.82. The molecule has 4 heteroatoms. The molecule has 3 atom stereocenters. The molecule has 14 heavy (non-hydrogen) atoms. The molecule has 1 amide bonds. The molecule has 2 aliphatic heterocycles. The standard InChI is InChI=1S/C10H18N2O2/c1-7-5-10(3-4-14-10)6-12(7)9(13)8(2)11/h7-8H,3-6,11H2,1-2H3/t7-,8+,10-/m0/s1. The second-order valence-corrected chi connectivity index (χ2v) is 4.59. The van der Waals surface area contributed by atoms with E-state index >= 15 is 0 Å². The molecule has 2 fully saturated rings. The summed E-state index contributed by atoms with van der Waals surface area (Å²) in [5, 5.41) is 0. The van der Waals surface area contributed by atoms with Gasteiger partial charge in [-0.3, -0.25) is 4.79 Å². The number of amides is 1. The maximum atomic E-state index is 11.7. The lowest BCUT2D eigenvalue weighted by atomic mass is 9.92.